The summed E-state index contributed by atoms with van der Waals surface area (Å²) < 4.78 is 50.9. The summed E-state index contributed by atoms with van der Waals surface area (Å²) in [7, 11) is 3.56. The molecule has 2 N–H and O–H groups in total. The number of hydrogen-bond acceptors (Lipinski definition) is 8. The van der Waals surface area contributed by atoms with Crippen molar-refractivity contribution in [1.29, 1.82) is 0 Å². The van der Waals surface area contributed by atoms with Gasteiger partial charge >= 0.3 is 6.18 Å². The summed E-state index contributed by atoms with van der Waals surface area (Å²) in [6.07, 6.45) is -1.47. The van der Waals surface area contributed by atoms with Crippen molar-refractivity contribution < 1.29 is 27.8 Å². The lowest BCUT2D eigenvalue weighted by atomic mass is 9.99. The fourth-order valence-electron chi connectivity index (χ4n) is 4.78. The molecule has 0 bridgehead atoms. The number of carbonyl (C=O) groups is 1. The number of aliphatic hydroxyl groups is 1. The average molecular weight is 557 g/mol. The van der Waals surface area contributed by atoms with Gasteiger partial charge < -0.3 is 19.7 Å². The van der Waals surface area contributed by atoms with E-state index in [0.717, 1.165) is 6.07 Å². The van der Waals surface area contributed by atoms with Gasteiger partial charge in [-0.1, -0.05) is 0 Å². The molecule has 0 saturated heterocycles. The first-order valence-corrected chi connectivity index (χ1v) is 12.5. The lowest BCUT2D eigenvalue weighted by molar-refractivity contribution is -0.138. The molecule has 210 valence electrons. The zero-order valence-electron chi connectivity index (χ0n) is 22.0. The van der Waals surface area contributed by atoms with Crippen LogP contribution in [0.3, 0.4) is 0 Å². The minimum atomic E-state index is -4.68. The summed E-state index contributed by atoms with van der Waals surface area (Å²) in [4.78, 5) is 19.4. The van der Waals surface area contributed by atoms with Gasteiger partial charge in [0.05, 0.1) is 49.4 Å². The van der Waals surface area contributed by atoms with Crippen LogP contribution >= 0.6 is 0 Å². The summed E-state index contributed by atoms with van der Waals surface area (Å²) >= 11 is 0. The van der Waals surface area contributed by atoms with Crippen LogP contribution in [0.25, 0.3) is 22.6 Å². The number of fused-ring (bicyclic) bond motifs is 1. The van der Waals surface area contributed by atoms with Crippen molar-refractivity contribution in [3.8, 4) is 22.6 Å². The van der Waals surface area contributed by atoms with E-state index in [1.54, 1.807) is 48.0 Å². The Morgan fingerprint density at radius 3 is 2.62 bits per heavy atom. The van der Waals surface area contributed by atoms with Crippen LogP contribution in [0.5, 0.6) is 0 Å². The van der Waals surface area contributed by atoms with Gasteiger partial charge in [-0.2, -0.15) is 18.3 Å². The maximum atomic E-state index is 14.1. The molecule has 0 saturated carbocycles. The van der Waals surface area contributed by atoms with Crippen LogP contribution in [-0.2, 0) is 38.2 Å². The Morgan fingerprint density at radius 2 is 1.95 bits per heavy atom. The molecule has 3 aromatic heterocycles. The van der Waals surface area contributed by atoms with E-state index in [2.05, 4.69) is 25.6 Å². The van der Waals surface area contributed by atoms with Crippen molar-refractivity contribution in [3.63, 3.8) is 0 Å². The molecule has 0 atom stereocenters. The lowest BCUT2D eigenvalue weighted by Crippen LogP contribution is -2.24. The van der Waals surface area contributed by atoms with Crippen molar-refractivity contribution in [2.75, 3.05) is 30.0 Å². The molecule has 1 aliphatic heterocycles. The zero-order chi connectivity index (χ0) is 28.6. The molecule has 11 nitrogen and oxygen atoms in total. The number of benzene rings is 1. The third-order valence-corrected chi connectivity index (χ3v) is 6.52. The number of aryl methyl sites for hydroxylation is 2. The van der Waals surface area contributed by atoms with E-state index in [1.165, 1.54) is 11.0 Å². The monoisotopic (exact) mass is 556 g/mol. The molecule has 1 aromatic carbocycles. The van der Waals surface area contributed by atoms with Gasteiger partial charge in [-0.05, 0) is 42.3 Å². The van der Waals surface area contributed by atoms with Crippen LogP contribution in [0, 0.1) is 0 Å². The second-order valence-corrected chi connectivity index (χ2v) is 9.26. The average Bonchev–Trinajstić information content (AvgIpc) is 3.60. The molecule has 40 heavy (non-hydrogen) atoms. The smallest absolute Gasteiger partial charge is 0.394 e. The van der Waals surface area contributed by atoms with Gasteiger partial charge in [0.25, 0.3) is 5.91 Å². The van der Waals surface area contributed by atoms with Crippen LogP contribution in [-0.4, -0.2) is 60.3 Å². The van der Waals surface area contributed by atoms with E-state index < -0.39 is 17.6 Å². The fourth-order valence-corrected chi connectivity index (χ4v) is 4.78. The number of halogens is 3. The molecule has 4 aromatic rings. The third-order valence-electron chi connectivity index (χ3n) is 6.52. The predicted octanol–water partition coefficient (Wildman–Crippen LogP) is 3.40. The normalized spacial score (nSPS) is 13.3. The van der Waals surface area contributed by atoms with Gasteiger partial charge in [-0.15, -0.1) is 10.2 Å². The van der Waals surface area contributed by atoms with Crippen LogP contribution < -0.4 is 10.2 Å². The summed E-state index contributed by atoms with van der Waals surface area (Å²) in [5, 5.41) is 24.6. The van der Waals surface area contributed by atoms with Gasteiger partial charge in [0.2, 0.25) is 0 Å². The van der Waals surface area contributed by atoms with E-state index >= 15 is 0 Å². The predicted molar refractivity (Wildman–Crippen MR) is 139 cm³/mol. The SMILES string of the molecule is CCNc1cc(-c2c(-c3nncn3C)cnn2C)cc(N2Cc3c(cc(COCCO)cc3C(F)(F)F)C2=O)n1. The van der Waals surface area contributed by atoms with E-state index in [1.807, 2.05) is 6.92 Å². The first-order valence-electron chi connectivity index (χ1n) is 12.5. The van der Waals surface area contributed by atoms with Crippen LogP contribution in [0.2, 0.25) is 0 Å². The molecule has 14 heteroatoms. The molecule has 0 fully saturated rings. The Labute approximate surface area is 227 Å². The fraction of sp³-hybridized carbons (Fsp3) is 0.346. The number of anilines is 2. The molecule has 5 rings (SSSR count). The summed E-state index contributed by atoms with van der Waals surface area (Å²) in [6.45, 7) is 1.64. The number of ether oxygens (including phenoxy) is 1. The number of hydrogen-bond donors (Lipinski definition) is 2. The van der Waals surface area contributed by atoms with Crippen LogP contribution in [0.4, 0.5) is 24.8 Å². The molecular formula is C26H27F3N8O3. The number of nitrogens with one attached hydrogen (secondary N) is 1. The van der Waals surface area contributed by atoms with E-state index in [4.69, 9.17) is 9.84 Å². The Kier molecular flexibility index (Phi) is 7.29. The second-order valence-electron chi connectivity index (χ2n) is 9.26. The Bertz CT molecular complexity index is 1560. The minimum absolute atomic E-state index is 0.0350. The molecule has 1 amide bonds. The Morgan fingerprint density at radius 1 is 1.15 bits per heavy atom. The number of carbonyl (C=O) groups excluding carboxylic acids is 1. The van der Waals surface area contributed by atoms with Gasteiger partial charge in [0.15, 0.2) is 5.82 Å². The first-order chi connectivity index (χ1) is 19.1. The highest BCUT2D eigenvalue weighted by Gasteiger charge is 2.41. The molecule has 1 aliphatic rings. The summed E-state index contributed by atoms with van der Waals surface area (Å²) in [5.74, 6) is 0.598. The number of alkyl halides is 3. The second kappa shape index (κ2) is 10.7. The van der Waals surface area contributed by atoms with E-state index in [9.17, 15) is 18.0 Å². The maximum absolute atomic E-state index is 14.1. The number of rotatable bonds is 9. The van der Waals surface area contributed by atoms with Crippen molar-refractivity contribution in [2.45, 2.75) is 26.3 Å². The topological polar surface area (TPSA) is 123 Å². The van der Waals surface area contributed by atoms with Gasteiger partial charge in [-0.25, -0.2) is 4.98 Å². The number of pyridine rings is 1. The highest BCUT2D eigenvalue weighted by molar-refractivity contribution is 6.10. The van der Waals surface area contributed by atoms with Crippen LogP contribution in [0.15, 0.2) is 36.8 Å². The van der Waals surface area contributed by atoms with E-state index in [0.29, 0.717) is 35.0 Å². The van der Waals surface area contributed by atoms with Gasteiger partial charge in [0.1, 0.15) is 18.0 Å². The molecule has 0 unspecified atom stereocenters. The minimum Gasteiger partial charge on any atom is -0.394 e. The highest BCUT2D eigenvalue weighted by atomic mass is 19.4. The molecule has 0 spiro atoms. The Hall–Kier alpha value is -4.30. The van der Waals surface area contributed by atoms with Crippen molar-refractivity contribution in [3.05, 3.63) is 59.0 Å². The molecule has 0 radical (unpaired) electrons. The summed E-state index contributed by atoms with van der Waals surface area (Å²) in [5.41, 5.74) is 1.09. The zero-order valence-corrected chi connectivity index (χ0v) is 22.0. The quantitative estimate of drug-likeness (QED) is 0.301. The van der Waals surface area contributed by atoms with Crippen molar-refractivity contribution in [1.82, 2.24) is 29.5 Å². The van der Waals surface area contributed by atoms with Crippen LogP contribution in [0.1, 0.15) is 34.0 Å². The van der Waals surface area contributed by atoms with Gasteiger partial charge in [0, 0.05) is 31.8 Å². The standard InChI is InChI=1S/C26H27F3N8O3/c1-4-30-21-9-16(23-18(11-32-36(23)3)24-34-31-14-35(24)2)10-22(33-21)37-12-19-17(25(37)39)7-15(13-40-6-5-38)8-20(19)26(27,28)29/h7-11,14,38H,4-6,12-13H2,1-3H3,(H,30,33). The highest BCUT2D eigenvalue weighted by Crippen LogP contribution is 2.41. The molecular weight excluding hydrogens is 529 g/mol. The van der Waals surface area contributed by atoms with Crippen molar-refractivity contribution >= 4 is 17.5 Å². The molecule has 4 heterocycles. The van der Waals surface area contributed by atoms with Gasteiger partial charge in [-0.3, -0.25) is 14.4 Å². The maximum Gasteiger partial charge on any atom is 0.416 e. The van der Waals surface area contributed by atoms with E-state index in [-0.39, 0.29) is 48.9 Å². The number of aliphatic hydroxyl groups excluding tert-OH is 1. The number of nitrogens with zero attached hydrogens (tertiary/aromatic N) is 7. The largest absolute Gasteiger partial charge is 0.416 e. The van der Waals surface area contributed by atoms with Crippen molar-refractivity contribution in [2.24, 2.45) is 14.1 Å². The first kappa shape index (κ1) is 27.3. The summed E-state index contributed by atoms with van der Waals surface area (Å²) in [6, 6.07) is 5.84. The Balaban J connectivity index is 1.60. The number of amides is 1. The number of aromatic nitrogens is 6. The third kappa shape index (κ3) is 5.02. The molecule has 0 aliphatic carbocycles. The lowest BCUT2D eigenvalue weighted by Gasteiger charge is -2.18.